The Morgan fingerprint density at radius 1 is 0.422 bits per heavy atom. The zero-order chi connectivity index (χ0) is 87.8. The highest BCUT2D eigenvalue weighted by atomic mass is 19.4. The Labute approximate surface area is 663 Å². The van der Waals surface area contributed by atoms with Crippen LogP contribution in [0.4, 0.5) is 13.2 Å². The summed E-state index contributed by atoms with van der Waals surface area (Å²) in [6.45, 7) is 8.53. The number of carbonyl (C=O) groups excluding carboxylic acids is 17. The van der Waals surface area contributed by atoms with Gasteiger partial charge in [-0.05, 0) is 110 Å². The molecule has 116 heavy (non-hydrogen) atoms. The van der Waals surface area contributed by atoms with Crippen LogP contribution in [-0.2, 0) is 95.9 Å². The number of carboxylic acid groups (broad SMARTS) is 3. The van der Waals surface area contributed by atoms with Crippen molar-refractivity contribution in [1.29, 1.82) is 0 Å². The molecular formula is C68H108F3N21O24. The molecule has 45 nitrogen and oxygen atoms in total. The number of halogens is 3. The number of nitrogens with one attached hydrogen (secondary N) is 13. The number of aliphatic imine (C=N–C) groups is 1. The van der Waals surface area contributed by atoms with E-state index in [0.717, 1.165) is 11.8 Å². The Kier molecular flexibility index (Phi) is 40.2. The largest absolute Gasteiger partial charge is 0.490 e. The summed E-state index contributed by atoms with van der Waals surface area (Å²) < 4.78 is 31.7. The molecule has 4 saturated heterocycles. The first-order valence-electron chi connectivity index (χ1n) is 37.4. The first-order valence-corrected chi connectivity index (χ1v) is 37.4. The van der Waals surface area contributed by atoms with E-state index in [0.29, 0.717) is 25.7 Å². The maximum atomic E-state index is 13.8. The van der Waals surface area contributed by atoms with E-state index >= 15 is 0 Å². The van der Waals surface area contributed by atoms with Gasteiger partial charge in [-0.25, -0.2) is 9.59 Å². The molecule has 0 aromatic carbocycles. The van der Waals surface area contributed by atoms with Crippen LogP contribution in [0.5, 0.6) is 0 Å². The zero-order valence-corrected chi connectivity index (χ0v) is 65.5. The average Bonchev–Trinajstić information content (AvgIpc) is 1.68. The number of hydrogen-bond acceptors (Lipinski definition) is 23. The summed E-state index contributed by atoms with van der Waals surface area (Å²) in [6, 6.07) is -14.8. The summed E-state index contributed by atoms with van der Waals surface area (Å²) in [6.07, 6.45) is -5.09. The number of carbonyl (C=O) groups is 20. The van der Waals surface area contributed by atoms with Crippen molar-refractivity contribution in [3.63, 3.8) is 0 Å². The Morgan fingerprint density at radius 3 is 1.09 bits per heavy atom. The molecule has 4 aliphatic rings. The van der Waals surface area contributed by atoms with Crippen LogP contribution >= 0.6 is 0 Å². The molecule has 0 aliphatic carbocycles. The van der Waals surface area contributed by atoms with Gasteiger partial charge in [-0.2, -0.15) is 13.2 Å². The monoisotopic (exact) mass is 1660 g/mol. The van der Waals surface area contributed by atoms with Crippen molar-refractivity contribution < 1.29 is 129 Å². The first kappa shape index (κ1) is 98.6. The van der Waals surface area contributed by atoms with Crippen LogP contribution in [0.1, 0.15) is 132 Å². The van der Waals surface area contributed by atoms with Crippen LogP contribution < -0.4 is 86.3 Å². The quantitative estimate of drug-likeness (QED) is 0.0154. The maximum Gasteiger partial charge on any atom is 0.490 e. The number of carboxylic acids is 3. The summed E-state index contributed by atoms with van der Waals surface area (Å²) in [7, 11) is 0. The van der Waals surface area contributed by atoms with Gasteiger partial charge in [-0.1, -0.05) is 27.7 Å². The molecule has 48 heteroatoms. The highest BCUT2D eigenvalue weighted by molar-refractivity contribution is 6.00. The third kappa shape index (κ3) is 32.0. The summed E-state index contributed by atoms with van der Waals surface area (Å²) in [4.78, 5) is 266. The number of aliphatic carboxylic acids is 3. The normalized spacial score (nSPS) is 18.6. The molecule has 0 unspecified atom stereocenters. The lowest BCUT2D eigenvalue weighted by molar-refractivity contribution is -0.192. The fourth-order valence-electron chi connectivity index (χ4n) is 12.4. The molecule has 4 aliphatic heterocycles. The minimum Gasteiger partial charge on any atom is -0.481 e. The van der Waals surface area contributed by atoms with Crippen LogP contribution in [0.2, 0.25) is 0 Å². The molecule has 17 amide bonds. The molecule has 13 atom stereocenters. The lowest BCUT2D eigenvalue weighted by atomic mass is 10.0. The van der Waals surface area contributed by atoms with E-state index in [1.807, 2.05) is 0 Å². The first-order chi connectivity index (χ1) is 54.2. The van der Waals surface area contributed by atoms with Gasteiger partial charge in [-0.15, -0.1) is 0 Å². The van der Waals surface area contributed by atoms with E-state index in [2.05, 4.69) is 74.1 Å². The van der Waals surface area contributed by atoms with Gasteiger partial charge < -0.3 is 126 Å². The Morgan fingerprint density at radius 2 is 0.767 bits per heavy atom. The van der Waals surface area contributed by atoms with Crippen LogP contribution in [0.25, 0.3) is 0 Å². The van der Waals surface area contributed by atoms with Gasteiger partial charge in [0.25, 0.3) is 0 Å². The van der Waals surface area contributed by atoms with Crippen molar-refractivity contribution in [2.75, 3.05) is 72.0 Å². The van der Waals surface area contributed by atoms with Gasteiger partial charge in [0.05, 0.1) is 45.4 Å². The number of nitrogens with two attached hydrogens (primary N) is 3. The number of nitrogens with zero attached hydrogens (tertiary/aromatic N) is 5. The molecule has 0 radical (unpaired) electrons. The summed E-state index contributed by atoms with van der Waals surface area (Å²) >= 11 is 0. The number of aliphatic hydroxyl groups is 1. The number of amides is 17. The zero-order valence-electron chi connectivity index (χ0n) is 65.5. The molecule has 0 bridgehead atoms. The minimum atomic E-state index is -5.08. The number of rotatable bonds is 41. The van der Waals surface area contributed by atoms with Gasteiger partial charge in [-0.3, -0.25) is 91.3 Å². The second-order valence-corrected chi connectivity index (χ2v) is 28.4. The SMILES string of the molecule is CC(C)[C@H](NC(=O)[C@@H]1CCCN1C(=O)CNC(=O)[C@H](C)NC(=O)[C@@H]1CCCN1C(=O)CNC(=O)[C@H](C)NC(=O)[C@@H]1CCCN1C(=O)CNC(=O)[C@@H](NC(=O)[C@H](CCC(=O)O)NC(=O)CN)[C@@H](C)O)C(=O)NCC(=O)N1CCC[C@H]1C(=O)N[C@H](C(=O)NCC(=O)N[C@@H](C)C(=O)N[C@@H](CCCN=C(N)N)C(=O)O)C(C)C.O=C(O)C(F)(F)F. The molecule has 0 aromatic heterocycles. The molecule has 4 rings (SSSR count). The number of hydrogen-bond donors (Lipinski definition) is 20. The lowest BCUT2D eigenvalue weighted by Crippen LogP contribution is -2.58. The van der Waals surface area contributed by atoms with Crippen molar-refractivity contribution in [3.8, 4) is 0 Å². The smallest absolute Gasteiger partial charge is 0.481 e. The van der Waals surface area contributed by atoms with E-state index in [1.165, 1.54) is 35.5 Å². The molecule has 23 N–H and O–H groups in total. The molecule has 4 fully saturated rings. The van der Waals surface area contributed by atoms with Gasteiger partial charge in [0.2, 0.25) is 100 Å². The van der Waals surface area contributed by atoms with Gasteiger partial charge in [0.1, 0.15) is 72.5 Å². The highest BCUT2D eigenvalue weighted by Gasteiger charge is 2.43. The highest BCUT2D eigenvalue weighted by Crippen LogP contribution is 2.23. The summed E-state index contributed by atoms with van der Waals surface area (Å²) in [5, 5.41) is 67.7. The van der Waals surface area contributed by atoms with E-state index in [4.69, 9.17) is 32.2 Å². The Balaban J connectivity index is 0.00000474. The van der Waals surface area contributed by atoms with Gasteiger partial charge >= 0.3 is 24.1 Å². The Bertz CT molecular complexity index is 3620. The van der Waals surface area contributed by atoms with Crippen LogP contribution in [0.15, 0.2) is 4.99 Å². The van der Waals surface area contributed by atoms with Crippen molar-refractivity contribution in [2.24, 2.45) is 34.0 Å². The number of aliphatic hydroxyl groups excluding tert-OH is 1. The second-order valence-electron chi connectivity index (χ2n) is 28.4. The van der Waals surface area contributed by atoms with Crippen molar-refractivity contribution >= 4 is 124 Å². The predicted octanol–water partition coefficient (Wildman–Crippen LogP) is -9.24. The summed E-state index contributed by atoms with van der Waals surface area (Å²) in [5.74, 6) is -19.8. The molecule has 4 heterocycles. The standard InChI is InChI=1S/C66H107N21O22.C2HF3O2/c1-32(2)51(62(105)71-27-45(90)76-36(7)56(99)80-39(65(108)109)14-9-21-70-66(68)69)81-60(103)43-18-13-25-87(43)48(93)30-74-63(106)52(33(3)4)82-61(104)42-17-12-24-86(42)47(92)29-73-55(98)35(6)77-58(101)40-15-10-22-84(40)46(91)28-72-54(97)34(5)78-59(102)41-16-11-23-85(41)49(94)31-75-64(107)53(37(8)88)83-57(100)38(19-20-50(95)96)79-44(89)26-67;3-2(4,5)1(6)7/h32-43,51-53,88H,9-31,67H2,1-8H3,(H,71,105)(H,72,97)(H,73,98)(H,74,106)(H,75,107)(H,76,90)(H,77,101)(H,78,102)(H,79,89)(H,80,99)(H,81,103)(H,82,104)(H,83,100)(H,95,96)(H,108,109)(H4,68,69,70);(H,6,7)/t34-,35-,36-,37+,38-,39-,40-,41-,42-,43-,51-,52-,53-;/m0./s1. The molecule has 0 spiro atoms. The van der Waals surface area contributed by atoms with Crippen molar-refractivity contribution in [3.05, 3.63) is 0 Å². The predicted molar refractivity (Wildman–Crippen MR) is 395 cm³/mol. The molecule has 0 saturated carbocycles. The fourth-order valence-corrected chi connectivity index (χ4v) is 12.4. The second kappa shape index (κ2) is 47.3. The topological polar surface area (TPSA) is 682 Å². The molecule has 650 valence electrons. The number of likely N-dealkylation sites (tertiary alicyclic amines) is 4. The minimum absolute atomic E-state index is 0.0140. The lowest BCUT2D eigenvalue weighted by Gasteiger charge is -2.29. The van der Waals surface area contributed by atoms with E-state index in [1.54, 1.807) is 27.7 Å². The third-order valence-corrected chi connectivity index (χ3v) is 18.7. The third-order valence-electron chi connectivity index (χ3n) is 18.7. The van der Waals surface area contributed by atoms with Crippen molar-refractivity contribution in [1.82, 2.24) is 88.7 Å². The van der Waals surface area contributed by atoms with E-state index in [9.17, 15) is 114 Å². The van der Waals surface area contributed by atoms with Crippen LogP contribution in [0, 0.1) is 11.8 Å². The maximum absolute atomic E-state index is 13.8. The van der Waals surface area contributed by atoms with E-state index < -0.39 is 261 Å². The molecule has 0 aromatic rings. The van der Waals surface area contributed by atoms with E-state index in [-0.39, 0.29) is 83.6 Å². The average molecular weight is 1660 g/mol. The number of guanidine groups is 1. The Hall–Kier alpha value is -11.6. The van der Waals surface area contributed by atoms with Gasteiger partial charge in [0.15, 0.2) is 5.96 Å². The molecular weight excluding hydrogens is 1550 g/mol. The number of alkyl halides is 3. The summed E-state index contributed by atoms with van der Waals surface area (Å²) in [5.41, 5.74) is 15.9. The fraction of sp³-hybridized carbons (Fsp3) is 0.691. The van der Waals surface area contributed by atoms with Crippen molar-refractivity contribution in [2.45, 2.75) is 217 Å². The van der Waals surface area contributed by atoms with Crippen LogP contribution in [0.3, 0.4) is 0 Å². The van der Waals surface area contributed by atoms with Gasteiger partial charge in [0, 0.05) is 39.1 Å². The van der Waals surface area contributed by atoms with Crippen LogP contribution in [-0.4, -0.2) is 321 Å².